The Hall–Kier alpha value is -0.810. The first-order valence-electron chi connectivity index (χ1n) is 6.81. The minimum absolute atomic E-state index is 0.260. The quantitative estimate of drug-likeness (QED) is 0.705. The Morgan fingerprint density at radius 2 is 2.22 bits per heavy atom. The molecule has 0 spiro atoms. The molecule has 1 rings (SSSR count). The van der Waals surface area contributed by atoms with Gasteiger partial charge in [0.15, 0.2) is 0 Å². The van der Waals surface area contributed by atoms with Crippen LogP contribution in [-0.4, -0.2) is 57.0 Å². The SMILES string of the molecule is CCCCCNC(=O)OCC1CC(OC)CN1C. The van der Waals surface area contributed by atoms with Crippen LogP contribution in [0.3, 0.4) is 0 Å². The summed E-state index contributed by atoms with van der Waals surface area (Å²) in [5.74, 6) is 0. The lowest BCUT2D eigenvalue weighted by atomic mass is 10.2. The highest BCUT2D eigenvalue weighted by atomic mass is 16.5. The normalized spacial score (nSPS) is 24.2. The number of amides is 1. The van der Waals surface area contributed by atoms with Gasteiger partial charge in [0.25, 0.3) is 0 Å². The Kier molecular flexibility index (Phi) is 7.05. The van der Waals surface area contributed by atoms with Crippen molar-refractivity contribution in [3.8, 4) is 0 Å². The van der Waals surface area contributed by atoms with Crippen molar-refractivity contribution in [2.45, 2.75) is 44.8 Å². The summed E-state index contributed by atoms with van der Waals surface area (Å²) in [6.07, 6.45) is 4.19. The van der Waals surface area contributed by atoms with Crippen LogP contribution < -0.4 is 5.32 Å². The highest BCUT2D eigenvalue weighted by Crippen LogP contribution is 2.18. The molecule has 1 fully saturated rings. The van der Waals surface area contributed by atoms with Crippen molar-refractivity contribution in [1.82, 2.24) is 10.2 Å². The van der Waals surface area contributed by atoms with Crippen LogP contribution in [0.15, 0.2) is 0 Å². The fourth-order valence-electron chi connectivity index (χ4n) is 2.18. The fourth-order valence-corrected chi connectivity index (χ4v) is 2.18. The zero-order valence-corrected chi connectivity index (χ0v) is 11.8. The minimum atomic E-state index is -0.305. The van der Waals surface area contributed by atoms with E-state index in [1.165, 1.54) is 0 Å². The van der Waals surface area contributed by atoms with Crippen LogP contribution in [0.4, 0.5) is 4.79 Å². The number of methoxy groups -OCH3 is 1. The molecule has 1 aliphatic rings. The summed E-state index contributed by atoms with van der Waals surface area (Å²) >= 11 is 0. The Morgan fingerprint density at radius 3 is 2.83 bits per heavy atom. The Labute approximate surface area is 110 Å². The molecule has 2 atom stereocenters. The number of carbonyl (C=O) groups is 1. The topological polar surface area (TPSA) is 50.8 Å². The minimum Gasteiger partial charge on any atom is -0.448 e. The number of ether oxygens (including phenoxy) is 2. The van der Waals surface area contributed by atoms with Crippen molar-refractivity contribution >= 4 is 6.09 Å². The molecule has 5 heteroatoms. The van der Waals surface area contributed by atoms with Crippen molar-refractivity contribution in [1.29, 1.82) is 0 Å². The molecular formula is C13H26N2O3. The molecule has 1 amide bonds. The molecule has 106 valence electrons. The van der Waals surface area contributed by atoms with Crippen LogP contribution in [0.25, 0.3) is 0 Å². The molecule has 0 aliphatic carbocycles. The summed E-state index contributed by atoms with van der Waals surface area (Å²) in [4.78, 5) is 13.6. The standard InChI is InChI=1S/C13H26N2O3/c1-4-5-6-7-14-13(16)18-10-11-8-12(17-3)9-15(11)2/h11-12H,4-10H2,1-3H3,(H,14,16). The van der Waals surface area contributed by atoms with Crippen molar-refractivity contribution in [2.24, 2.45) is 0 Å². The maximum Gasteiger partial charge on any atom is 0.407 e. The van der Waals surface area contributed by atoms with Gasteiger partial charge in [0, 0.05) is 26.2 Å². The summed E-state index contributed by atoms with van der Waals surface area (Å²) < 4.78 is 10.5. The number of hydrogen-bond acceptors (Lipinski definition) is 4. The van der Waals surface area contributed by atoms with E-state index in [9.17, 15) is 4.79 Å². The molecular weight excluding hydrogens is 232 g/mol. The van der Waals surface area contributed by atoms with Gasteiger partial charge in [0.05, 0.1) is 6.10 Å². The Balaban J connectivity index is 2.11. The van der Waals surface area contributed by atoms with Crippen LogP contribution in [0, 0.1) is 0 Å². The van der Waals surface area contributed by atoms with Gasteiger partial charge in [-0.3, -0.25) is 4.90 Å². The third kappa shape index (κ3) is 5.23. The molecule has 0 aromatic carbocycles. The van der Waals surface area contributed by atoms with Crippen molar-refractivity contribution in [2.75, 3.05) is 33.9 Å². The third-order valence-electron chi connectivity index (χ3n) is 3.44. The van der Waals surface area contributed by atoms with E-state index in [1.807, 2.05) is 7.05 Å². The van der Waals surface area contributed by atoms with Crippen molar-refractivity contribution < 1.29 is 14.3 Å². The highest BCUT2D eigenvalue weighted by Gasteiger charge is 2.30. The van der Waals surface area contributed by atoms with Crippen LogP contribution in [0.2, 0.25) is 0 Å². The number of nitrogens with one attached hydrogen (secondary N) is 1. The van der Waals surface area contributed by atoms with E-state index in [-0.39, 0.29) is 18.2 Å². The van der Waals surface area contributed by atoms with Gasteiger partial charge >= 0.3 is 6.09 Å². The molecule has 1 saturated heterocycles. The van der Waals surface area contributed by atoms with Crippen LogP contribution >= 0.6 is 0 Å². The van der Waals surface area contributed by atoms with Gasteiger partial charge in [0.2, 0.25) is 0 Å². The molecule has 1 aliphatic heterocycles. The van der Waals surface area contributed by atoms with Gasteiger partial charge in [-0.15, -0.1) is 0 Å². The van der Waals surface area contributed by atoms with E-state index in [1.54, 1.807) is 7.11 Å². The van der Waals surface area contributed by atoms with Gasteiger partial charge in [-0.1, -0.05) is 19.8 Å². The number of likely N-dealkylation sites (tertiary alicyclic amines) is 1. The zero-order valence-electron chi connectivity index (χ0n) is 11.8. The summed E-state index contributed by atoms with van der Waals surface area (Å²) in [5, 5.41) is 2.77. The number of likely N-dealkylation sites (N-methyl/N-ethyl adjacent to an activating group) is 1. The van der Waals surface area contributed by atoms with E-state index >= 15 is 0 Å². The van der Waals surface area contributed by atoms with Gasteiger partial charge in [-0.25, -0.2) is 4.79 Å². The lowest BCUT2D eigenvalue weighted by Crippen LogP contribution is -2.33. The number of carbonyl (C=O) groups excluding carboxylic acids is 1. The number of nitrogens with zero attached hydrogens (tertiary/aromatic N) is 1. The van der Waals surface area contributed by atoms with Gasteiger partial charge in [-0.05, 0) is 19.9 Å². The first-order chi connectivity index (χ1) is 8.67. The van der Waals surface area contributed by atoms with Gasteiger partial charge < -0.3 is 14.8 Å². The van der Waals surface area contributed by atoms with Gasteiger partial charge in [0.1, 0.15) is 6.61 Å². The van der Waals surface area contributed by atoms with Crippen LogP contribution in [0.5, 0.6) is 0 Å². The predicted molar refractivity (Wildman–Crippen MR) is 70.7 cm³/mol. The smallest absolute Gasteiger partial charge is 0.407 e. The molecule has 0 bridgehead atoms. The third-order valence-corrected chi connectivity index (χ3v) is 3.44. The Morgan fingerprint density at radius 1 is 1.44 bits per heavy atom. The van der Waals surface area contributed by atoms with Crippen molar-refractivity contribution in [3.63, 3.8) is 0 Å². The first kappa shape index (κ1) is 15.2. The summed E-state index contributed by atoms with van der Waals surface area (Å²) in [6.45, 7) is 4.19. The highest BCUT2D eigenvalue weighted by molar-refractivity contribution is 5.67. The second kappa shape index (κ2) is 8.32. The number of hydrogen-bond donors (Lipinski definition) is 1. The number of alkyl carbamates (subject to hydrolysis) is 1. The molecule has 1 N–H and O–H groups in total. The largest absolute Gasteiger partial charge is 0.448 e. The maximum absolute atomic E-state index is 11.4. The van der Waals surface area contributed by atoms with Crippen LogP contribution in [0.1, 0.15) is 32.6 Å². The molecule has 0 aromatic heterocycles. The lowest BCUT2D eigenvalue weighted by Gasteiger charge is -2.18. The molecule has 0 saturated carbocycles. The van der Waals surface area contributed by atoms with E-state index in [0.717, 1.165) is 32.2 Å². The zero-order chi connectivity index (χ0) is 13.4. The van der Waals surface area contributed by atoms with E-state index in [2.05, 4.69) is 17.1 Å². The van der Waals surface area contributed by atoms with Crippen molar-refractivity contribution in [3.05, 3.63) is 0 Å². The molecule has 5 nitrogen and oxygen atoms in total. The van der Waals surface area contributed by atoms with E-state index < -0.39 is 0 Å². The monoisotopic (exact) mass is 258 g/mol. The Bertz CT molecular complexity index is 248. The lowest BCUT2D eigenvalue weighted by molar-refractivity contribution is 0.109. The molecule has 18 heavy (non-hydrogen) atoms. The number of unbranched alkanes of at least 4 members (excludes halogenated alkanes) is 2. The number of rotatable bonds is 7. The van der Waals surface area contributed by atoms with E-state index in [0.29, 0.717) is 13.2 Å². The second-order valence-electron chi connectivity index (χ2n) is 4.92. The predicted octanol–water partition coefficient (Wildman–Crippen LogP) is 1.62. The molecule has 0 aromatic rings. The molecule has 1 heterocycles. The average Bonchev–Trinajstić information content (AvgIpc) is 2.73. The first-order valence-corrected chi connectivity index (χ1v) is 6.81. The summed E-state index contributed by atoms with van der Waals surface area (Å²) in [7, 11) is 3.76. The summed E-state index contributed by atoms with van der Waals surface area (Å²) in [6, 6.07) is 0.274. The van der Waals surface area contributed by atoms with Crippen LogP contribution in [-0.2, 0) is 9.47 Å². The van der Waals surface area contributed by atoms with E-state index in [4.69, 9.17) is 9.47 Å². The summed E-state index contributed by atoms with van der Waals surface area (Å²) in [5.41, 5.74) is 0. The fraction of sp³-hybridized carbons (Fsp3) is 0.923. The molecule has 0 radical (unpaired) electrons. The average molecular weight is 258 g/mol. The van der Waals surface area contributed by atoms with Gasteiger partial charge in [-0.2, -0.15) is 0 Å². The molecule has 2 unspecified atom stereocenters. The second-order valence-corrected chi connectivity index (χ2v) is 4.92. The maximum atomic E-state index is 11.4.